The minimum Gasteiger partial charge on any atom is -0.353 e. The molecule has 0 atom stereocenters. The van der Waals surface area contributed by atoms with E-state index in [1.165, 1.54) is 32.1 Å². The summed E-state index contributed by atoms with van der Waals surface area (Å²) in [5.74, 6) is 0.891. The Morgan fingerprint density at radius 2 is 2.32 bits per heavy atom. The molecule has 1 aliphatic carbocycles. The summed E-state index contributed by atoms with van der Waals surface area (Å²) in [5.41, 5.74) is 0.864. The lowest BCUT2D eigenvalue weighted by molar-refractivity contribution is -0.116. The number of carbonyl (C=O) groups excluding carboxylic acids is 1. The summed E-state index contributed by atoms with van der Waals surface area (Å²) < 4.78 is 0. The normalized spacial score (nSPS) is 16.3. The Bertz CT molecular complexity index is 433. The molecule has 1 aromatic rings. The van der Waals surface area contributed by atoms with Crippen molar-refractivity contribution in [2.75, 3.05) is 6.54 Å². The van der Waals surface area contributed by atoms with E-state index in [4.69, 9.17) is 0 Å². The molecule has 1 N–H and O–H groups in total. The van der Waals surface area contributed by atoms with Crippen molar-refractivity contribution in [2.24, 2.45) is 5.92 Å². The first-order chi connectivity index (χ1) is 9.24. The number of nitrogens with zero attached hydrogens (tertiary/aromatic N) is 1. The number of rotatable bonds is 6. The van der Waals surface area contributed by atoms with Crippen molar-refractivity contribution >= 4 is 23.3 Å². The quantitative estimate of drug-likeness (QED) is 0.638. The molecule has 0 aromatic carbocycles. The third kappa shape index (κ3) is 5.15. The van der Waals surface area contributed by atoms with Crippen LogP contribution in [0, 0.1) is 12.8 Å². The number of carbonyl (C=O) groups is 1. The van der Waals surface area contributed by atoms with Crippen LogP contribution in [0.15, 0.2) is 11.5 Å². The summed E-state index contributed by atoms with van der Waals surface area (Å²) in [4.78, 5) is 15.9. The first kappa shape index (κ1) is 14.3. The standard InChI is InChI=1S/C15H22N2OS/c1-12-17-14(11-19-12)8-9-15(18)16-10-4-7-13-5-2-3-6-13/h8-9,11,13H,2-7,10H2,1H3,(H,16,18)/b9-8+. The van der Waals surface area contributed by atoms with E-state index in [-0.39, 0.29) is 5.91 Å². The summed E-state index contributed by atoms with van der Waals surface area (Å²) >= 11 is 1.60. The van der Waals surface area contributed by atoms with Crippen molar-refractivity contribution < 1.29 is 4.79 Å². The van der Waals surface area contributed by atoms with Gasteiger partial charge in [0.05, 0.1) is 10.7 Å². The molecule has 0 unspecified atom stereocenters. The van der Waals surface area contributed by atoms with E-state index in [0.29, 0.717) is 0 Å². The van der Waals surface area contributed by atoms with Crippen LogP contribution in [0.2, 0.25) is 0 Å². The van der Waals surface area contributed by atoms with Gasteiger partial charge in [-0.25, -0.2) is 4.98 Å². The van der Waals surface area contributed by atoms with Crippen molar-refractivity contribution in [3.8, 4) is 0 Å². The largest absolute Gasteiger partial charge is 0.353 e. The van der Waals surface area contributed by atoms with E-state index >= 15 is 0 Å². The van der Waals surface area contributed by atoms with Gasteiger partial charge in [-0.2, -0.15) is 0 Å². The molecule has 1 aliphatic rings. The monoisotopic (exact) mass is 278 g/mol. The molecule has 1 heterocycles. The van der Waals surface area contributed by atoms with E-state index in [2.05, 4.69) is 10.3 Å². The highest BCUT2D eigenvalue weighted by Crippen LogP contribution is 2.28. The minimum atomic E-state index is -0.0166. The van der Waals surface area contributed by atoms with E-state index in [9.17, 15) is 4.79 Å². The van der Waals surface area contributed by atoms with Crippen LogP contribution >= 0.6 is 11.3 Å². The number of hydrogen-bond acceptors (Lipinski definition) is 3. The maximum atomic E-state index is 11.6. The Labute approximate surface area is 119 Å². The van der Waals surface area contributed by atoms with E-state index < -0.39 is 0 Å². The zero-order valence-electron chi connectivity index (χ0n) is 11.5. The van der Waals surface area contributed by atoms with Gasteiger partial charge in [-0.1, -0.05) is 25.7 Å². The molecule has 1 fully saturated rings. The molecule has 104 valence electrons. The van der Waals surface area contributed by atoms with Gasteiger partial charge in [0.25, 0.3) is 0 Å². The number of amides is 1. The first-order valence-electron chi connectivity index (χ1n) is 7.12. The Balaban J connectivity index is 1.60. The fraction of sp³-hybridized carbons (Fsp3) is 0.600. The average molecular weight is 278 g/mol. The SMILES string of the molecule is Cc1nc(/C=C/C(=O)NCCCC2CCCC2)cs1. The molecule has 2 rings (SSSR count). The van der Waals surface area contributed by atoms with Crippen LogP contribution in [0.3, 0.4) is 0 Å². The first-order valence-corrected chi connectivity index (χ1v) is 8.00. The topological polar surface area (TPSA) is 42.0 Å². The molecule has 0 spiro atoms. The Hall–Kier alpha value is -1.16. The second-order valence-electron chi connectivity index (χ2n) is 5.21. The third-order valence-electron chi connectivity index (χ3n) is 3.61. The Kier molecular flexibility index (Phi) is 5.58. The van der Waals surface area contributed by atoms with Gasteiger partial charge in [-0.05, 0) is 31.8 Å². The van der Waals surface area contributed by atoms with Crippen LogP contribution in [0.4, 0.5) is 0 Å². The average Bonchev–Trinajstić information content (AvgIpc) is 3.03. The molecule has 3 nitrogen and oxygen atoms in total. The summed E-state index contributed by atoms with van der Waals surface area (Å²) in [7, 11) is 0. The van der Waals surface area contributed by atoms with Gasteiger partial charge < -0.3 is 5.32 Å². The Morgan fingerprint density at radius 3 is 3.00 bits per heavy atom. The van der Waals surface area contributed by atoms with Crippen LogP contribution < -0.4 is 5.32 Å². The number of thiazole rings is 1. The molecule has 1 amide bonds. The van der Waals surface area contributed by atoms with Gasteiger partial charge >= 0.3 is 0 Å². The highest BCUT2D eigenvalue weighted by molar-refractivity contribution is 7.09. The van der Waals surface area contributed by atoms with Gasteiger partial charge in [0.2, 0.25) is 5.91 Å². The Morgan fingerprint density at radius 1 is 1.53 bits per heavy atom. The fourth-order valence-corrected chi connectivity index (χ4v) is 3.16. The van der Waals surface area contributed by atoms with Crippen LogP contribution in [0.5, 0.6) is 0 Å². The zero-order chi connectivity index (χ0) is 13.5. The van der Waals surface area contributed by atoms with E-state index in [0.717, 1.165) is 29.6 Å². The molecule has 1 saturated carbocycles. The van der Waals surface area contributed by atoms with Crippen LogP contribution in [-0.2, 0) is 4.79 Å². The second-order valence-corrected chi connectivity index (χ2v) is 6.27. The predicted molar refractivity (Wildman–Crippen MR) is 80.1 cm³/mol. The summed E-state index contributed by atoms with van der Waals surface area (Å²) in [6.45, 7) is 2.75. The lowest BCUT2D eigenvalue weighted by Crippen LogP contribution is -2.22. The van der Waals surface area contributed by atoms with Crippen LogP contribution in [0.1, 0.15) is 49.2 Å². The highest BCUT2D eigenvalue weighted by atomic mass is 32.1. The fourth-order valence-electron chi connectivity index (χ4n) is 2.58. The molecule has 0 radical (unpaired) electrons. The zero-order valence-corrected chi connectivity index (χ0v) is 12.3. The summed E-state index contributed by atoms with van der Waals surface area (Å²) in [6, 6.07) is 0. The number of aromatic nitrogens is 1. The van der Waals surface area contributed by atoms with Gasteiger partial charge in [0.15, 0.2) is 0 Å². The molecule has 4 heteroatoms. The molecule has 19 heavy (non-hydrogen) atoms. The van der Waals surface area contributed by atoms with Gasteiger partial charge in [-0.15, -0.1) is 11.3 Å². The lowest BCUT2D eigenvalue weighted by Gasteiger charge is -2.08. The number of nitrogens with one attached hydrogen (secondary N) is 1. The minimum absolute atomic E-state index is 0.0166. The van der Waals surface area contributed by atoms with Gasteiger partial charge in [0.1, 0.15) is 0 Å². The van der Waals surface area contributed by atoms with Crippen molar-refractivity contribution in [1.82, 2.24) is 10.3 Å². The molecular formula is C15H22N2OS. The molecule has 0 saturated heterocycles. The van der Waals surface area contributed by atoms with Gasteiger partial charge in [-0.3, -0.25) is 4.79 Å². The highest BCUT2D eigenvalue weighted by Gasteiger charge is 2.13. The third-order valence-corrected chi connectivity index (χ3v) is 4.40. The van der Waals surface area contributed by atoms with Crippen molar-refractivity contribution in [3.05, 3.63) is 22.2 Å². The van der Waals surface area contributed by atoms with Crippen LogP contribution in [-0.4, -0.2) is 17.4 Å². The summed E-state index contributed by atoms with van der Waals surface area (Å²) in [5, 5.41) is 5.92. The number of aryl methyl sites for hydroxylation is 1. The van der Waals surface area contributed by atoms with Gasteiger partial charge in [0, 0.05) is 18.0 Å². The van der Waals surface area contributed by atoms with Crippen molar-refractivity contribution in [1.29, 1.82) is 0 Å². The smallest absolute Gasteiger partial charge is 0.244 e. The molecule has 1 aromatic heterocycles. The van der Waals surface area contributed by atoms with E-state index in [1.807, 2.05) is 12.3 Å². The predicted octanol–water partition coefficient (Wildman–Crippen LogP) is 3.55. The second kappa shape index (κ2) is 7.43. The van der Waals surface area contributed by atoms with Crippen LogP contribution in [0.25, 0.3) is 6.08 Å². The van der Waals surface area contributed by atoms with Crippen molar-refractivity contribution in [2.45, 2.75) is 45.4 Å². The number of hydrogen-bond donors (Lipinski definition) is 1. The maximum Gasteiger partial charge on any atom is 0.244 e. The molecular weight excluding hydrogens is 256 g/mol. The summed E-state index contributed by atoms with van der Waals surface area (Å²) in [6.07, 6.45) is 11.3. The molecule has 0 aliphatic heterocycles. The molecule has 0 bridgehead atoms. The lowest BCUT2D eigenvalue weighted by atomic mass is 10.0. The van der Waals surface area contributed by atoms with Crippen molar-refractivity contribution in [3.63, 3.8) is 0 Å². The van der Waals surface area contributed by atoms with E-state index in [1.54, 1.807) is 23.5 Å². The maximum absolute atomic E-state index is 11.6.